The minimum atomic E-state index is -0.0906. The van der Waals surface area contributed by atoms with Crippen molar-refractivity contribution in [3.63, 3.8) is 0 Å². The molecule has 2 aliphatic rings. The van der Waals surface area contributed by atoms with Gasteiger partial charge in [-0.25, -0.2) is 0 Å². The van der Waals surface area contributed by atoms with E-state index in [4.69, 9.17) is 4.74 Å². The number of carbonyl (C=O) groups is 2. The van der Waals surface area contributed by atoms with Crippen molar-refractivity contribution < 1.29 is 14.3 Å². The molecule has 0 unspecified atom stereocenters. The zero-order valence-electron chi connectivity index (χ0n) is 18.1. The lowest BCUT2D eigenvalue weighted by Crippen LogP contribution is -2.50. The predicted octanol–water partition coefficient (Wildman–Crippen LogP) is 3.22. The van der Waals surface area contributed by atoms with Crippen molar-refractivity contribution in [2.24, 2.45) is 5.92 Å². The molecule has 0 bridgehead atoms. The lowest BCUT2D eigenvalue weighted by Gasteiger charge is -2.37. The molecule has 0 saturated carbocycles. The number of likely N-dealkylation sites (tertiary alicyclic amines) is 1. The van der Waals surface area contributed by atoms with Crippen LogP contribution in [0.1, 0.15) is 31.7 Å². The number of nitrogens with one attached hydrogen (secondary N) is 1. The first-order valence-electron chi connectivity index (χ1n) is 11.2. The normalized spacial score (nSPS) is 21.8. The van der Waals surface area contributed by atoms with E-state index in [1.807, 2.05) is 30.3 Å². The van der Waals surface area contributed by atoms with Crippen LogP contribution in [0.4, 0.5) is 5.69 Å². The van der Waals surface area contributed by atoms with E-state index in [0.717, 1.165) is 44.7 Å². The molecule has 2 saturated heterocycles. The van der Waals surface area contributed by atoms with Crippen LogP contribution in [0, 0.1) is 5.92 Å². The monoisotopic (exact) mass is 421 g/mol. The van der Waals surface area contributed by atoms with Crippen molar-refractivity contribution in [2.75, 3.05) is 31.1 Å². The van der Waals surface area contributed by atoms with Crippen molar-refractivity contribution in [2.45, 2.75) is 38.8 Å². The molecule has 0 aliphatic carbocycles. The molecule has 164 valence electrons. The van der Waals surface area contributed by atoms with Gasteiger partial charge in [0.2, 0.25) is 5.91 Å². The van der Waals surface area contributed by atoms with Crippen molar-refractivity contribution in [1.82, 2.24) is 10.2 Å². The van der Waals surface area contributed by atoms with E-state index in [0.29, 0.717) is 18.1 Å². The molecule has 2 amide bonds. The number of rotatable bonds is 7. The first kappa shape index (κ1) is 21.4. The molecule has 0 spiro atoms. The molecular formula is C25H31N3O3. The number of benzene rings is 2. The lowest BCUT2D eigenvalue weighted by molar-refractivity contribution is -0.124. The van der Waals surface area contributed by atoms with Crippen LogP contribution in [0.25, 0.3) is 0 Å². The summed E-state index contributed by atoms with van der Waals surface area (Å²) in [5.74, 6) is 1.10. The number of amides is 2. The molecule has 0 radical (unpaired) electrons. The maximum Gasteiger partial charge on any atom is 0.258 e. The van der Waals surface area contributed by atoms with Gasteiger partial charge in [-0.3, -0.25) is 14.5 Å². The zero-order valence-corrected chi connectivity index (χ0v) is 18.1. The Labute approximate surface area is 184 Å². The lowest BCUT2D eigenvalue weighted by atomic mass is 9.93. The highest BCUT2D eigenvalue weighted by atomic mass is 16.5. The second-order valence-corrected chi connectivity index (χ2v) is 8.59. The third-order valence-corrected chi connectivity index (χ3v) is 6.18. The van der Waals surface area contributed by atoms with Crippen molar-refractivity contribution in [3.8, 4) is 5.75 Å². The van der Waals surface area contributed by atoms with Crippen molar-refractivity contribution >= 4 is 17.5 Å². The molecule has 6 heteroatoms. The fraction of sp³-hybridized carbons (Fsp3) is 0.440. The van der Waals surface area contributed by atoms with Crippen LogP contribution in [0.15, 0.2) is 54.6 Å². The van der Waals surface area contributed by atoms with E-state index in [2.05, 4.69) is 41.4 Å². The molecule has 4 rings (SSSR count). The SMILES string of the molecule is C[C@@H]1CN(Cc2ccccc2)CC[C@H]1NC(=O)COc1ccc(N2CCCC2=O)cc1. The molecule has 2 aliphatic heterocycles. The van der Waals surface area contributed by atoms with Gasteiger partial charge in [0, 0.05) is 44.3 Å². The molecule has 2 atom stereocenters. The van der Waals surface area contributed by atoms with Crippen LogP contribution in [0.2, 0.25) is 0 Å². The second kappa shape index (κ2) is 9.96. The van der Waals surface area contributed by atoms with E-state index in [1.54, 1.807) is 4.90 Å². The van der Waals surface area contributed by atoms with Gasteiger partial charge in [0.05, 0.1) is 0 Å². The summed E-state index contributed by atoms with van der Waals surface area (Å²) in [4.78, 5) is 28.5. The van der Waals surface area contributed by atoms with E-state index in [9.17, 15) is 9.59 Å². The van der Waals surface area contributed by atoms with Crippen molar-refractivity contribution in [1.29, 1.82) is 0 Å². The molecule has 1 N–H and O–H groups in total. The summed E-state index contributed by atoms with van der Waals surface area (Å²) in [6.07, 6.45) is 2.46. The van der Waals surface area contributed by atoms with Gasteiger partial charge in [-0.05, 0) is 48.6 Å². The highest BCUT2D eigenvalue weighted by molar-refractivity contribution is 5.95. The van der Waals surface area contributed by atoms with E-state index in [-0.39, 0.29) is 24.5 Å². The highest BCUT2D eigenvalue weighted by Gasteiger charge is 2.27. The van der Waals surface area contributed by atoms with E-state index < -0.39 is 0 Å². The Bertz CT molecular complexity index is 885. The molecule has 2 aromatic carbocycles. The predicted molar refractivity (Wildman–Crippen MR) is 121 cm³/mol. The fourth-order valence-electron chi connectivity index (χ4n) is 4.47. The Kier molecular flexibility index (Phi) is 6.87. The molecule has 2 fully saturated rings. The minimum absolute atomic E-state index is 0.00105. The number of hydrogen-bond donors (Lipinski definition) is 1. The number of ether oxygens (including phenoxy) is 1. The third-order valence-electron chi connectivity index (χ3n) is 6.18. The van der Waals surface area contributed by atoms with Gasteiger partial charge in [0.25, 0.3) is 5.91 Å². The first-order valence-corrected chi connectivity index (χ1v) is 11.2. The Hall–Kier alpha value is -2.86. The number of carbonyl (C=O) groups excluding carboxylic acids is 2. The molecule has 31 heavy (non-hydrogen) atoms. The van der Waals surface area contributed by atoms with Crippen LogP contribution < -0.4 is 15.0 Å². The van der Waals surface area contributed by atoms with Gasteiger partial charge in [-0.15, -0.1) is 0 Å². The number of anilines is 1. The van der Waals surface area contributed by atoms with Gasteiger partial charge in [0.15, 0.2) is 6.61 Å². The molecular weight excluding hydrogens is 390 g/mol. The summed E-state index contributed by atoms with van der Waals surface area (Å²) in [5.41, 5.74) is 2.21. The Morgan fingerprint density at radius 2 is 1.87 bits per heavy atom. The van der Waals surface area contributed by atoms with Gasteiger partial charge in [-0.2, -0.15) is 0 Å². The number of nitrogens with zero attached hydrogens (tertiary/aromatic N) is 2. The maximum absolute atomic E-state index is 12.4. The van der Waals surface area contributed by atoms with Gasteiger partial charge >= 0.3 is 0 Å². The molecule has 2 heterocycles. The van der Waals surface area contributed by atoms with Crippen LogP contribution in [0.3, 0.4) is 0 Å². The molecule has 6 nitrogen and oxygen atoms in total. The largest absolute Gasteiger partial charge is 0.484 e. The first-order chi connectivity index (χ1) is 15.1. The zero-order chi connectivity index (χ0) is 21.6. The van der Waals surface area contributed by atoms with Crippen LogP contribution in [-0.4, -0.2) is 49.0 Å². The summed E-state index contributed by atoms with van der Waals surface area (Å²) < 4.78 is 5.66. The summed E-state index contributed by atoms with van der Waals surface area (Å²) in [7, 11) is 0. The third kappa shape index (κ3) is 5.64. The van der Waals surface area contributed by atoms with Crippen LogP contribution >= 0.6 is 0 Å². The number of piperidine rings is 1. The second-order valence-electron chi connectivity index (χ2n) is 8.59. The van der Waals surface area contributed by atoms with Crippen molar-refractivity contribution in [3.05, 3.63) is 60.2 Å². The Morgan fingerprint density at radius 1 is 1.10 bits per heavy atom. The minimum Gasteiger partial charge on any atom is -0.484 e. The molecule has 0 aromatic heterocycles. The summed E-state index contributed by atoms with van der Waals surface area (Å²) in [5, 5.41) is 3.14. The standard InChI is InChI=1S/C25H31N3O3/c1-19-16-27(17-20-6-3-2-4-7-20)15-13-23(19)26-24(29)18-31-22-11-9-21(10-12-22)28-14-5-8-25(28)30/h2-4,6-7,9-12,19,23H,5,8,13-18H2,1H3,(H,26,29)/t19-,23-/m1/s1. The highest BCUT2D eigenvalue weighted by Crippen LogP contribution is 2.24. The molecule has 2 aromatic rings. The fourth-order valence-corrected chi connectivity index (χ4v) is 4.47. The summed E-state index contributed by atoms with van der Waals surface area (Å²) >= 11 is 0. The van der Waals surface area contributed by atoms with Gasteiger partial charge < -0.3 is 15.0 Å². The Morgan fingerprint density at radius 3 is 2.55 bits per heavy atom. The summed E-state index contributed by atoms with van der Waals surface area (Å²) in [6.45, 7) is 5.86. The van der Waals surface area contributed by atoms with Gasteiger partial charge in [0.1, 0.15) is 5.75 Å². The van der Waals surface area contributed by atoms with E-state index in [1.165, 1.54) is 5.56 Å². The smallest absolute Gasteiger partial charge is 0.258 e. The maximum atomic E-state index is 12.4. The Balaban J connectivity index is 1.21. The topological polar surface area (TPSA) is 61.9 Å². The van der Waals surface area contributed by atoms with Gasteiger partial charge in [-0.1, -0.05) is 37.3 Å². The van der Waals surface area contributed by atoms with E-state index >= 15 is 0 Å². The quantitative estimate of drug-likeness (QED) is 0.746. The number of hydrogen-bond acceptors (Lipinski definition) is 4. The van der Waals surface area contributed by atoms with Crippen LogP contribution in [0.5, 0.6) is 5.75 Å². The van der Waals surface area contributed by atoms with Crippen LogP contribution in [-0.2, 0) is 16.1 Å². The average Bonchev–Trinajstić information content (AvgIpc) is 3.21. The summed E-state index contributed by atoms with van der Waals surface area (Å²) in [6, 6.07) is 18.1. The average molecular weight is 422 g/mol.